The minimum absolute atomic E-state index is 0.171. The summed E-state index contributed by atoms with van der Waals surface area (Å²) < 4.78 is 42.8. The van der Waals surface area contributed by atoms with E-state index in [-0.39, 0.29) is 18.4 Å². The lowest BCUT2D eigenvalue weighted by molar-refractivity contribution is -0.135. The predicted molar refractivity (Wildman–Crippen MR) is 211 cm³/mol. The molecule has 2 amide bonds. The average Bonchev–Trinajstić information content (AvgIpc) is 3.93. The van der Waals surface area contributed by atoms with E-state index in [1.807, 2.05) is 89.6 Å². The van der Waals surface area contributed by atoms with Crippen molar-refractivity contribution < 1.29 is 32.8 Å². The van der Waals surface area contributed by atoms with Gasteiger partial charge in [0.05, 0.1) is 63.4 Å². The number of hydrogen-bond donors (Lipinski definition) is 2. The Morgan fingerprint density at radius 2 is 1.84 bits per heavy atom. The topological polar surface area (TPSA) is 133 Å². The lowest BCUT2D eigenvalue weighted by atomic mass is 9.78. The highest BCUT2D eigenvalue weighted by Crippen LogP contribution is 2.47. The van der Waals surface area contributed by atoms with Gasteiger partial charge < -0.3 is 34.0 Å². The molecular formula is C40H48BFN6O6S. The number of carbonyl (C=O) groups is 2. The number of hydrogen-bond acceptors (Lipinski definition) is 9. The van der Waals surface area contributed by atoms with Gasteiger partial charge >= 0.3 is 13.2 Å². The van der Waals surface area contributed by atoms with Gasteiger partial charge in [-0.3, -0.25) is 9.36 Å². The molecule has 15 heteroatoms. The normalized spacial score (nSPS) is 17.5. The number of thiazole rings is 1. The van der Waals surface area contributed by atoms with Gasteiger partial charge in [0.25, 0.3) is 0 Å². The molecule has 0 aliphatic carbocycles. The van der Waals surface area contributed by atoms with Gasteiger partial charge in [0.1, 0.15) is 23.4 Å². The number of H-pyrrole nitrogens is 1. The van der Waals surface area contributed by atoms with Crippen LogP contribution in [0.3, 0.4) is 0 Å². The zero-order valence-electron chi connectivity index (χ0n) is 32.8. The van der Waals surface area contributed by atoms with Crippen molar-refractivity contribution in [3.8, 4) is 28.3 Å². The molecule has 5 aromatic rings. The van der Waals surface area contributed by atoms with E-state index in [2.05, 4.69) is 27.2 Å². The van der Waals surface area contributed by atoms with Crippen LogP contribution < -0.4 is 15.5 Å². The quantitative estimate of drug-likeness (QED) is 0.135. The minimum atomic E-state index is -0.772. The first-order valence-corrected chi connectivity index (χ1v) is 19.6. The lowest BCUT2D eigenvalue weighted by Crippen LogP contribution is -2.51. The Kier molecular flexibility index (Phi) is 10.3. The molecule has 5 heterocycles. The molecule has 0 spiro atoms. The number of aromatic nitrogens is 4. The highest BCUT2D eigenvalue weighted by Gasteiger charge is 2.51. The van der Waals surface area contributed by atoms with Crippen molar-refractivity contribution in [1.82, 2.24) is 29.7 Å². The SMILES string of the molecule is CCCN(Cc1ncc(-c2cc(F)c3c(c2)OC(c2cnc(CC)s2)n2c-3cc3cc(B4OC(C)(C)C(C)(C)O4)ccc32)[nH]1)C(=O)C(NC(=O)OC)C(C)C. The number of alkyl carbamates (subject to hydrolysis) is 1. The molecule has 1 saturated heterocycles. The van der Waals surface area contributed by atoms with E-state index < -0.39 is 42.5 Å². The molecule has 7 rings (SSSR count). The van der Waals surface area contributed by atoms with Gasteiger partial charge in [-0.1, -0.05) is 39.8 Å². The first-order valence-electron chi connectivity index (χ1n) is 18.8. The van der Waals surface area contributed by atoms with Gasteiger partial charge in [-0.25, -0.2) is 19.2 Å². The summed E-state index contributed by atoms with van der Waals surface area (Å²) >= 11 is 1.57. The summed E-state index contributed by atoms with van der Waals surface area (Å²) in [6.45, 7) is 16.5. The summed E-state index contributed by atoms with van der Waals surface area (Å²) in [7, 11) is 0.721. The van der Waals surface area contributed by atoms with Crippen LogP contribution in [0.4, 0.5) is 9.18 Å². The van der Waals surface area contributed by atoms with Gasteiger partial charge in [-0.05, 0) is 76.2 Å². The molecule has 12 nitrogen and oxygen atoms in total. The Hall–Kier alpha value is -4.73. The third kappa shape index (κ3) is 7.13. The second kappa shape index (κ2) is 14.7. The molecule has 2 atom stereocenters. The molecule has 0 saturated carbocycles. The number of rotatable bonds is 11. The van der Waals surface area contributed by atoms with Crippen molar-refractivity contribution in [3.05, 3.63) is 70.3 Å². The Morgan fingerprint density at radius 3 is 2.49 bits per heavy atom. The summed E-state index contributed by atoms with van der Waals surface area (Å²) in [5.74, 6) is 0.0407. The summed E-state index contributed by atoms with van der Waals surface area (Å²) in [6.07, 6.45) is 3.69. The number of aryl methyl sites for hydroxylation is 1. The van der Waals surface area contributed by atoms with Crippen LogP contribution in [0.15, 0.2) is 48.8 Å². The third-order valence-electron chi connectivity index (χ3n) is 10.8. The third-order valence-corrected chi connectivity index (χ3v) is 11.9. The Labute approximate surface area is 324 Å². The maximum atomic E-state index is 16.6. The van der Waals surface area contributed by atoms with Crippen molar-refractivity contribution in [2.24, 2.45) is 5.92 Å². The Balaban J connectivity index is 1.24. The predicted octanol–water partition coefficient (Wildman–Crippen LogP) is 7.21. The maximum Gasteiger partial charge on any atom is 0.494 e. The summed E-state index contributed by atoms with van der Waals surface area (Å²) in [4.78, 5) is 40.6. The molecular weight excluding hydrogens is 722 g/mol. The number of fused-ring (bicyclic) bond motifs is 5. The van der Waals surface area contributed by atoms with Gasteiger partial charge in [0, 0.05) is 23.7 Å². The van der Waals surface area contributed by atoms with Crippen LogP contribution in [0.25, 0.3) is 33.4 Å². The van der Waals surface area contributed by atoms with Crippen molar-refractivity contribution in [2.45, 2.75) is 98.2 Å². The summed E-state index contributed by atoms with van der Waals surface area (Å²) in [5.41, 5.74) is 2.92. The van der Waals surface area contributed by atoms with Crippen LogP contribution in [0.1, 0.15) is 83.7 Å². The van der Waals surface area contributed by atoms with Crippen LogP contribution in [0.2, 0.25) is 0 Å². The average molecular weight is 771 g/mol. The molecule has 2 unspecified atom stereocenters. The Morgan fingerprint density at radius 1 is 1.09 bits per heavy atom. The molecule has 2 N–H and O–H groups in total. The Bertz CT molecular complexity index is 2230. The molecule has 0 bridgehead atoms. The van der Waals surface area contributed by atoms with Crippen molar-refractivity contribution in [1.29, 1.82) is 0 Å². The zero-order valence-corrected chi connectivity index (χ0v) is 33.6. The second-order valence-electron chi connectivity index (χ2n) is 15.5. The first-order chi connectivity index (χ1) is 26.1. The zero-order chi connectivity index (χ0) is 39.4. The number of nitrogens with zero attached hydrogens (tertiary/aromatic N) is 4. The number of carbonyl (C=O) groups excluding carboxylic acids is 2. The number of methoxy groups -OCH3 is 1. The molecule has 55 heavy (non-hydrogen) atoms. The van der Waals surface area contributed by atoms with E-state index in [0.29, 0.717) is 47.1 Å². The van der Waals surface area contributed by atoms with Crippen LogP contribution >= 0.6 is 11.3 Å². The number of benzene rings is 2. The monoisotopic (exact) mass is 770 g/mol. The number of imidazole rings is 1. The fourth-order valence-corrected chi connectivity index (χ4v) is 7.95. The van der Waals surface area contributed by atoms with Crippen LogP contribution in [0.5, 0.6) is 5.75 Å². The number of halogens is 1. The number of nitrogens with one attached hydrogen (secondary N) is 2. The van der Waals surface area contributed by atoms with E-state index in [1.165, 1.54) is 13.2 Å². The number of aromatic amines is 1. The summed E-state index contributed by atoms with van der Waals surface area (Å²) in [5, 5.41) is 4.54. The molecule has 2 aliphatic heterocycles. The van der Waals surface area contributed by atoms with E-state index in [4.69, 9.17) is 18.8 Å². The standard InChI is InChI=1S/C40H48BFN6O6S/c1-10-14-47(36(49)35(22(3)4)46-38(50)51-9)21-32-43-19-27(45-32)23-16-26(42)34-29-17-24-15-25(41-53-39(5,6)40(7,8)54-41)12-13-28(24)48(29)37(52-30(34)18-23)31-20-44-33(11-2)55-31/h12-13,15-20,22,35,37H,10-11,14,21H2,1-9H3,(H,43,45)(H,46,50). The maximum absolute atomic E-state index is 16.6. The van der Waals surface area contributed by atoms with E-state index >= 15 is 4.39 Å². The molecule has 0 radical (unpaired) electrons. The highest BCUT2D eigenvalue weighted by atomic mass is 32.1. The number of ether oxygens (including phenoxy) is 2. The number of amides is 2. The van der Waals surface area contributed by atoms with Crippen molar-refractivity contribution in [2.75, 3.05) is 13.7 Å². The largest absolute Gasteiger partial charge is 0.494 e. The van der Waals surface area contributed by atoms with E-state index in [0.717, 1.165) is 32.7 Å². The van der Waals surface area contributed by atoms with Crippen molar-refractivity contribution >= 4 is 46.8 Å². The highest BCUT2D eigenvalue weighted by molar-refractivity contribution is 7.11. The van der Waals surface area contributed by atoms with E-state index in [1.54, 1.807) is 22.4 Å². The molecule has 3 aromatic heterocycles. The van der Waals surface area contributed by atoms with Crippen LogP contribution in [-0.4, -0.2) is 74.4 Å². The van der Waals surface area contributed by atoms with Gasteiger partial charge in [-0.15, -0.1) is 11.3 Å². The second-order valence-corrected chi connectivity index (χ2v) is 16.6. The fourth-order valence-electron chi connectivity index (χ4n) is 7.07. The molecule has 2 aliphatic rings. The minimum Gasteiger partial charge on any atom is -0.464 e. The van der Waals surface area contributed by atoms with Crippen molar-refractivity contribution in [3.63, 3.8) is 0 Å². The smallest absolute Gasteiger partial charge is 0.464 e. The van der Waals surface area contributed by atoms with Gasteiger partial charge in [0.2, 0.25) is 12.1 Å². The van der Waals surface area contributed by atoms with E-state index in [9.17, 15) is 9.59 Å². The fraction of sp³-hybridized carbons (Fsp3) is 0.450. The molecule has 290 valence electrons. The lowest BCUT2D eigenvalue weighted by Gasteiger charge is -2.32. The van der Waals surface area contributed by atoms with Crippen LogP contribution in [0, 0.1) is 11.7 Å². The molecule has 1 fully saturated rings. The molecule has 2 aromatic carbocycles. The first kappa shape index (κ1) is 38.5. The summed E-state index contributed by atoms with van der Waals surface area (Å²) in [6, 6.07) is 10.6. The van der Waals surface area contributed by atoms with Gasteiger partial charge in [-0.2, -0.15) is 0 Å². The van der Waals surface area contributed by atoms with Crippen LogP contribution in [-0.2, 0) is 31.8 Å². The van der Waals surface area contributed by atoms with Gasteiger partial charge in [0.15, 0.2) is 0 Å².